The van der Waals surface area contributed by atoms with Crippen molar-refractivity contribution in [3.8, 4) is 33.6 Å². The minimum atomic E-state index is -0.0517. The third-order valence-electron chi connectivity index (χ3n) is 13.3. The van der Waals surface area contributed by atoms with Gasteiger partial charge in [-0.1, -0.05) is 163 Å². The van der Waals surface area contributed by atoms with E-state index in [1.807, 2.05) is 0 Å². The summed E-state index contributed by atoms with van der Waals surface area (Å²) in [6.45, 7) is -0.0517. The Bertz CT molecular complexity index is 3490. The maximum Gasteiger partial charge on any atom is 0.246 e. The van der Waals surface area contributed by atoms with Crippen molar-refractivity contribution in [1.29, 1.82) is 0 Å². The van der Waals surface area contributed by atoms with Crippen molar-refractivity contribution in [2.24, 2.45) is 0 Å². The van der Waals surface area contributed by atoms with E-state index in [0.717, 1.165) is 17.1 Å². The van der Waals surface area contributed by atoms with Gasteiger partial charge in [0.2, 0.25) is 6.71 Å². The molecule has 3 heterocycles. The van der Waals surface area contributed by atoms with Crippen LogP contribution in [0.3, 0.4) is 0 Å². The molecule has 10 aromatic carbocycles. The molecule has 1 aliphatic heterocycles. The number of aromatic nitrogens is 2. The zero-order valence-corrected chi connectivity index (χ0v) is 35.0. The second-order valence-electron chi connectivity index (χ2n) is 16.9. The Balaban J connectivity index is 1.16. The molecule has 298 valence electrons. The van der Waals surface area contributed by atoms with Crippen LogP contribution in [0.5, 0.6) is 0 Å². The summed E-state index contributed by atoms with van der Waals surface area (Å²) >= 11 is 0. The molecular formula is C60H40BN3. The van der Waals surface area contributed by atoms with E-state index in [1.165, 1.54) is 93.6 Å². The van der Waals surface area contributed by atoms with Crippen LogP contribution in [0.2, 0.25) is 0 Å². The van der Waals surface area contributed by atoms with Crippen molar-refractivity contribution in [3.63, 3.8) is 0 Å². The molecule has 0 bridgehead atoms. The summed E-state index contributed by atoms with van der Waals surface area (Å²) in [6.07, 6.45) is 0. The fourth-order valence-electron chi connectivity index (χ4n) is 10.5. The maximum absolute atomic E-state index is 2.53. The van der Waals surface area contributed by atoms with E-state index in [9.17, 15) is 0 Å². The molecular weight excluding hydrogens is 773 g/mol. The van der Waals surface area contributed by atoms with Crippen LogP contribution in [-0.4, -0.2) is 15.8 Å². The van der Waals surface area contributed by atoms with E-state index in [-0.39, 0.29) is 6.71 Å². The van der Waals surface area contributed by atoms with Gasteiger partial charge in [0.1, 0.15) is 0 Å². The summed E-state index contributed by atoms with van der Waals surface area (Å²) in [5, 5.41) is 4.91. The Labute approximate surface area is 372 Å². The van der Waals surface area contributed by atoms with Crippen LogP contribution in [0.15, 0.2) is 243 Å². The lowest BCUT2D eigenvalue weighted by atomic mass is 9.35. The molecule has 3 nitrogen and oxygen atoms in total. The number of nitrogens with zero attached hydrogens (tertiary/aromatic N) is 3. The van der Waals surface area contributed by atoms with Crippen molar-refractivity contribution in [1.82, 2.24) is 9.13 Å². The van der Waals surface area contributed by atoms with Crippen LogP contribution in [0.1, 0.15) is 0 Å². The highest BCUT2D eigenvalue weighted by molar-refractivity contribution is 6.98. The maximum atomic E-state index is 2.53. The Hall–Kier alpha value is -8.34. The summed E-state index contributed by atoms with van der Waals surface area (Å²) in [7, 11) is 0. The smallest absolute Gasteiger partial charge is 0.246 e. The highest BCUT2D eigenvalue weighted by Gasteiger charge is 2.37. The first kappa shape index (κ1) is 36.3. The van der Waals surface area contributed by atoms with Crippen LogP contribution in [0.4, 0.5) is 17.1 Å². The normalized spacial score (nSPS) is 12.3. The first-order valence-electron chi connectivity index (χ1n) is 22.1. The predicted octanol–water partition coefficient (Wildman–Crippen LogP) is 13.5. The Morgan fingerprint density at radius 1 is 0.266 bits per heavy atom. The number of benzene rings is 10. The number of para-hydroxylation sites is 3. The molecule has 0 saturated carbocycles. The molecule has 1 aliphatic rings. The molecule has 0 atom stereocenters. The molecule has 0 unspecified atom stereocenters. The molecule has 64 heavy (non-hydrogen) atoms. The Morgan fingerprint density at radius 3 is 1.05 bits per heavy atom. The average molecular weight is 814 g/mol. The van der Waals surface area contributed by atoms with Gasteiger partial charge in [0.25, 0.3) is 0 Å². The highest BCUT2D eigenvalue weighted by Crippen LogP contribution is 2.44. The van der Waals surface area contributed by atoms with Gasteiger partial charge >= 0.3 is 0 Å². The Morgan fingerprint density at radius 2 is 0.625 bits per heavy atom. The van der Waals surface area contributed by atoms with Gasteiger partial charge in [0.15, 0.2) is 0 Å². The lowest BCUT2D eigenvalue weighted by molar-refractivity contribution is 1.18. The fraction of sp³-hybridized carbons (Fsp3) is 0. The lowest BCUT2D eigenvalue weighted by Crippen LogP contribution is -2.57. The fourth-order valence-corrected chi connectivity index (χ4v) is 10.5. The average Bonchev–Trinajstić information content (AvgIpc) is 3.86. The lowest BCUT2D eigenvalue weighted by Gasteiger charge is -2.37. The van der Waals surface area contributed by atoms with Gasteiger partial charge in [0.05, 0.1) is 22.1 Å². The molecule has 4 heteroatoms. The van der Waals surface area contributed by atoms with Crippen LogP contribution in [0.25, 0.3) is 77.2 Å². The topological polar surface area (TPSA) is 13.1 Å². The highest BCUT2D eigenvalue weighted by atomic mass is 15.2. The molecule has 13 rings (SSSR count). The Kier molecular flexibility index (Phi) is 8.32. The van der Waals surface area contributed by atoms with Gasteiger partial charge in [-0.2, -0.15) is 0 Å². The van der Waals surface area contributed by atoms with Crippen molar-refractivity contribution in [3.05, 3.63) is 243 Å². The SMILES string of the molecule is c1ccc(B2c3cc4c(cc3N(c3ccccc3)c3cc5c6cc(-c7ccccc7)ccc6n(-c6ccccc6)c5cc32)c2cc(-c3ccccc3)ccc2n4-c2ccccc2)cc1. The van der Waals surface area contributed by atoms with E-state index < -0.39 is 0 Å². The van der Waals surface area contributed by atoms with Crippen molar-refractivity contribution in [2.45, 2.75) is 0 Å². The summed E-state index contributed by atoms with van der Waals surface area (Å²) < 4.78 is 4.93. The van der Waals surface area contributed by atoms with Gasteiger partial charge in [-0.05, 0) is 118 Å². The molecule has 0 saturated heterocycles. The van der Waals surface area contributed by atoms with Crippen molar-refractivity contribution < 1.29 is 0 Å². The molecule has 0 aliphatic carbocycles. The van der Waals surface area contributed by atoms with Crippen molar-refractivity contribution in [2.75, 3.05) is 4.90 Å². The molecule has 0 spiro atoms. The van der Waals surface area contributed by atoms with E-state index in [2.05, 4.69) is 257 Å². The first-order chi connectivity index (χ1) is 31.8. The van der Waals surface area contributed by atoms with E-state index in [4.69, 9.17) is 0 Å². The molecule has 12 aromatic rings. The van der Waals surface area contributed by atoms with Crippen LogP contribution < -0.4 is 21.3 Å². The number of fused-ring (bicyclic) bond motifs is 8. The van der Waals surface area contributed by atoms with Crippen LogP contribution in [-0.2, 0) is 0 Å². The van der Waals surface area contributed by atoms with Gasteiger partial charge in [-0.25, -0.2) is 0 Å². The molecule has 0 fully saturated rings. The van der Waals surface area contributed by atoms with E-state index in [1.54, 1.807) is 0 Å². The van der Waals surface area contributed by atoms with Crippen LogP contribution >= 0.6 is 0 Å². The van der Waals surface area contributed by atoms with Gasteiger partial charge in [0, 0.05) is 50.0 Å². The standard InChI is InChI=1S/C60H40BN3/c1-7-19-41(20-8-1)43-31-33-55-49(35-43)51-37-59-53(39-57(51)62(55)46-25-13-4-14-26-46)61(45-23-11-3-12-24-45)54-40-58-52(38-60(54)64(59)48-29-17-6-18-30-48)50-36-44(42-21-9-2-10-22-42)32-34-56(50)63(58)47-27-15-5-16-28-47/h1-40H. The quantitative estimate of drug-likeness (QED) is 0.152. The minimum Gasteiger partial charge on any atom is -0.311 e. The van der Waals surface area contributed by atoms with Gasteiger partial charge in [-0.3, -0.25) is 0 Å². The molecule has 0 N–H and O–H groups in total. The molecule has 0 amide bonds. The zero-order chi connectivity index (χ0) is 42.1. The first-order valence-corrected chi connectivity index (χ1v) is 22.1. The molecule has 0 radical (unpaired) electrons. The number of hydrogen-bond donors (Lipinski definition) is 0. The number of anilines is 3. The third kappa shape index (κ3) is 5.70. The van der Waals surface area contributed by atoms with E-state index in [0.29, 0.717) is 0 Å². The second-order valence-corrected chi connectivity index (χ2v) is 16.9. The summed E-state index contributed by atoms with van der Waals surface area (Å²) in [5.41, 5.74) is 19.2. The monoisotopic (exact) mass is 813 g/mol. The minimum absolute atomic E-state index is 0.0517. The summed E-state index contributed by atoms with van der Waals surface area (Å²) in [5.74, 6) is 0. The summed E-state index contributed by atoms with van der Waals surface area (Å²) in [6, 6.07) is 89.2. The summed E-state index contributed by atoms with van der Waals surface area (Å²) in [4.78, 5) is 2.53. The molecule has 2 aromatic heterocycles. The van der Waals surface area contributed by atoms with E-state index >= 15 is 0 Å². The van der Waals surface area contributed by atoms with Gasteiger partial charge in [-0.15, -0.1) is 0 Å². The third-order valence-corrected chi connectivity index (χ3v) is 13.3. The largest absolute Gasteiger partial charge is 0.311 e. The van der Waals surface area contributed by atoms with Gasteiger partial charge < -0.3 is 14.0 Å². The number of hydrogen-bond acceptors (Lipinski definition) is 1. The number of rotatable bonds is 6. The predicted molar refractivity (Wildman–Crippen MR) is 272 cm³/mol. The zero-order valence-electron chi connectivity index (χ0n) is 35.0. The van der Waals surface area contributed by atoms with Crippen molar-refractivity contribution >= 4 is 83.8 Å². The second kappa shape index (κ2) is 14.6. The van der Waals surface area contributed by atoms with Crippen LogP contribution in [0, 0.1) is 0 Å².